The van der Waals surface area contributed by atoms with E-state index in [1.807, 2.05) is 12.4 Å². The maximum Gasteiger partial charge on any atom is 0.317 e. The van der Waals surface area contributed by atoms with Crippen molar-refractivity contribution < 1.29 is 4.79 Å². The summed E-state index contributed by atoms with van der Waals surface area (Å²) >= 11 is 0. The van der Waals surface area contributed by atoms with Crippen LogP contribution in [-0.4, -0.2) is 35.5 Å². The average molecular weight is 370 g/mol. The first kappa shape index (κ1) is 18.8. The van der Waals surface area contributed by atoms with Gasteiger partial charge in [0.1, 0.15) is 0 Å². The van der Waals surface area contributed by atoms with Gasteiger partial charge < -0.3 is 10.2 Å². The van der Waals surface area contributed by atoms with Crippen molar-refractivity contribution in [3.05, 3.63) is 30.1 Å². The lowest BCUT2D eigenvalue weighted by Gasteiger charge is -2.57. The van der Waals surface area contributed by atoms with E-state index in [1.54, 1.807) is 0 Å². The second-order valence-corrected chi connectivity index (χ2v) is 9.78. The second-order valence-electron chi connectivity index (χ2n) is 9.78. The maximum atomic E-state index is 12.9. The number of aromatic nitrogens is 1. The molecule has 0 radical (unpaired) electrons. The first-order valence-corrected chi connectivity index (χ1v) is 11.0. The van der Waals surface area contributed by atoms with Crippen molar-refractivity contribution in [3.8, 4) is 0 Å². The van der Waals surface area contributed by atoms with Crippen LogP contribution in [0.1, 0.15) is 57.9 Å². The van der Waals surface area contributed by atoms with E-state index in [0.29, 0.717) is 11.3 Å². The molecule has 27 heavy (non-hydrogen) atoms. The van der Waals surface area contributed by atoms with Gasteiger partial charge in [-0.25, -0.2) is 4.79 Å². The largest absolute Gasteiger partial charge is 0.338 e. The first-order valence-electron chi connectivity index (χ1n) is 11.0. The Morgan fingerprint density at radius 2 is 1.78 bits per heavy atom. The topological polar surface area (TPSA) is 45.2 Å². The number of nitrogens with one attached hydrogen (secondary N) is 1. The Morgan fingerprint density at radius 3 is 2.33 bits per heavy atom. The van der Waals surface area contributed by atoms with Crippen molar-refractivity contribution in [2.24, 2.45) is 29.1 Å². The van der Waals surface area contributed by atoms with Crippen molar-refractivity contribution >= 4 is 6.03 Å². The second kappa shape index (κ2) is 7.81. The van der Waals surface area contributed by atoms with Crippen LogP contribution in [0, 0.1) is 29.1 Å². The minimum Gasteiger partial charge on any atom is -0.338 e. The summed E-state index contributed by atoms with van der Waals surface area (Å²) in [7, 11) is 0. The lowest BCUT2D eigenvalue weighted by molar-refractivity contribution is -0.0634. The fourth-order valence-electron chi connectivity index (χ4n) is 6.58. The van der Waals surface area contributed by atoms with Crippen LogP contribution in [0.3, 0.4) is 0 Å². The monoisotopic (exact) mass is 369 g/mol. The molecule has 2 amide bonds. The molecule has 148 valence electrons. The molecule has 4 heteroatoms. The summed E-state index contributed by atoms with van der Waals surface area (Å²) in [5.41, 5.74) is 1.71. The van der Waals surface area contributed by atoms with Gasteiger partial charge in [0.25, 0.3) is 0 Å². The molecular weight excluding hydrogens is 334 g/mol. The fraction of sp³-hybridized carbons (Fsp3) is 0.739. The number of carbonyl (C=O) groups is 1. The van der Waals surface area contributed by atoms with Gasteiger partial charge >= 0.3 is 6.03 Å². The van der Waals surface area contributed by atoms with Gasteiger partial charge in [-0.2, -0.15) is 0 Å². The third kappa shape index (κ3) is 4.30. The van der Waals surface area contributed by atoms with Crippen molar-refractivity contribution in [1.82, 2.24) is 15.2 Å². The third-order valence-corrected chi connectivity index (χ3v) is 7.30. The number of pyridine rings is 1. The van der Waals surface area contributed by atoms with Gasteiger partial charge in [0.2, 0.25) is 0 Å². The van der Waals surface area contributed by atoms with E-state index in [2.05, 4.69) is 41.2 Å². The van der Waals surface area contributed by atoms with Crippen molar-refractivity contribution in [2.75, 3.05) is 19.6 Å². The van der Waals surface area contributed by atoms with Crippen molar-refractivity contribution in [3.63, 3.8) is 0 Å². The highest BCUT2D eigenvalue weighted by molar-refractivity contribution is 5.74. The van der Waals surface area contributed by atoms with E-state index in [9.17, 15) is 4.79 Å². The van der Waals surface area contributed by atoms with Gasteiger partial charge in [-0.1, -0.05) is 6.92 Å². The third-order valence-electron chi connectivity index (χ3n) is 7.30. The predicted octanol–water partition coefficient (Wildman–Crippen LogP) is 4.51. The van der Waals surface area contributed by atoms with Gasteiger partial charge in [0.15, 0.2) is 0 Å². The number of rotatable bonds is 7. The van der Waals surface area contributed by atoms with Crippen LogP contribution in [0.4, 0.5) is 4.79 Å². The number of carbonyl (C=O) groups excluding carboxylic acids is 1. The molecular formula is C23H35N3O. The van der Waals surface area contributed by atoms with Crippen LogP contribution >= 0.6 is 0 Å². The molecule has 4 nitrogen and oxygen atoms in total. The number of amides is 2. The normalized spacial score (nSPS) is 32.3. The number of urea groups is 1. The Hall–Kier alpha value is -1.58. The molecule has 1 unspecified atom stereocenters. The molecule has 0 aliphatic heterocycles. The molecule has 1 aromatic rings. The summed E-state index contributed by atoms with van der Waals surface area (Å²) in [6, 6.07) is 4.25. The zero-order valence-electron chi connectivity index (χ0n) is 17.0. The summed E-state index contributed by atoms with van der Waals surface area (Å²) in [5.74, 6) is 3.25. The highest BCUT2D eigenvalue weighted by atomic mass is 16.2. The number of nitrogens with zero attached hydrogens (tertiary/aromatic N) is 2. The summed E-state index contributed by atoms with van der Waals surface area (Å²) in [5, 5.41) is 3.21. The Bertz CT molecular complexity index is 609. The zero-order chi connectivity index (χ0) is 18.9. The lowest BCUT2D eigenvalue weighted by atomic mass is 9.49. The SMILES string of the molecule is CCN(CC12CC3CC(CC(C3)C1)C2)C(=O)NCC(C)Cc1ccncc1. The Balaban J connectivity index is 1.29. The number of hydrogen-bond acceptors (Lipinski definition) is 2. The molecule has 1 atom stereocenters. The molecule has 5 rings (SSSR count). The standard InChI is InChI=1S/C23H35N3O/c1-3-26(16-23-12-19-9-20(13-23)11-21(10-19)14-23)22(27)25-15-17(2)8-18-4-6-24-7-5-18/h4-7,17,19-21H,3,8-16H2,1-2H3,(H,25,27). The van der Waals surface area contributed by atoms with E-state index in [4.69, 9.17) is 0 Å². The van der Waals surface area contributed by atoms with Crippen molar-refractivity contribution in [2.45, 2.75) is 58.8 Å². The molecule has 4 fully saturated rings. The van der Waals surface area contributed by atoms with Crippen LogP contribution < -0.4 is 5.32 Å². The highest BCUT2D eigenvalue weighted by Crippen LogP contribution is 2.60. The van der Waals surface area contributed by atoms with Crippen LogP contribution in [0.2, 0.25) is 0 Å². The summed E-state index contributed by atoms with van der Waals surface area (Å²) in [6.07, 6.45) is 13.1. The molecule has 4 saturated carbocycles. The quantitative estimate of drug-likeness (QED) is 0.769. The first-order chi connectivity index (χ1) is 13.0. The Kier molecular flexibility index (Phi) is 5.43. The zero-order valence-corrected chi connectivity index (χ0v) is 17.0. The van der Waals surface area contributed by atoms with Crippen LogP contribution in [0.25, 0.3) is 0 Å². The fourth-order valence-corrected chi connectivity index (χ4v) is 6.58. The smallest absolute Gasteiger partial charge is 0.317 e. The number of hydrogen-bond donors (Lipinski definition) is 1. The average Bonchev–Trinajstić information content (AvgIpc) is 2.64. The highest BCUT2D eigenvalue weighted by Gasteiger charge is 2.51. The van der Waals surface area contributed by atoms with E-state index in [0.717, 1.165) is 43.8 Å². The summed E-state index contributed by atoms with van der Waals surface area (Å²) < 4.78 is 0. The van der Waals surface area contributed by atoms with Crippen molar-refractivity contribution in [1.29, 1.82) is 0 Å². The van der Waals surface area contributed by atoms with Gasteiger partial charge in [-0.05, 0) is 98.7 Å². The van der Waals surface area contributed by atoms with Gasteiger partial charge in [-0.3, -0.25) is 4.98 Å². The van der Waals surface area contributed by atoms with E-state index in [-0.39, 0.29) is 6.03 Å². The summed E-state index contributed by atoms with van der Waals surface area (Å²) in [6.45, 7) is 6.85. The molecule has 0 spiro atoms. The van der Waals surface area contributed by atoms with Crippen LogP contribution in [-0.2, 0) is 6.42 Å². The van der Waals surface area contributed by atoms with E-state index >= 15 is 0 Å². The predicted molar refractivity (Wildman–Crippen MR) is 108 cm³/mol. The molecule has 1 heterocycles. The minimum absolute atomic E-state index is 0.134. The molecule has 4 aliphatic carbocycles. The molecule has 1 N–H and O–H groups in total. The van der Waals surface area contributed by atoms with E-state index < -0.39 is 0 Å². The Labute approximate surface area is 164 Å². The molecule has 0 aromatic carbocycles. The Morgan fingerprint density at radius 1 is 1.19 bits per heavy atom. The van der Waals surface area contributed by atoms with Gasteiger partial charge in [0, 0.05) is 32.0 Å². The van der Waals surface area contributed by atoms with E-state index in [1.165, 1.54) is 44.1 Å². The van der Waals surface area contributed by atoms with Crippen LogP contribution in [0.15, 0.2) is 24.5 Å². The van der Waals surface area contributed by atoms with Gasteiger partial charge in [-0.15, -0.1) is 0 Å². The summed E-state index contributed by atoms with van der Waals surface area (Å²) in [4.78, 5) is 19.0. The van der Waals surface area contributed by atoms with Crippen LogP contribution in [0.5, 0.6) is 0 Å². The minimum atomic E-state index is 0.134. The molecule has 4 aliphatic rings. The van der Waals surface area contributed by atoms with Gasteiger partial charge in [0.05, 0.1) is 0 Å². The molecule has 4 bridgehead atoms. The molecule has 0 saturated heterocycles. The maximum absolute atomic E-state index is 12.9. The molecule has 1 aromatic heterocycles. The lowest BCUT2D eigenvalue weighted by Crippen LogP contribution is -2.53.